The largest absolute Gasteiger partial charge is 0.289 e. The van der Waals surface area contributed by atoms with Gasteiger partial charge in [-0.05, 0) is 47.2 Å². The van der Waals surface area contributed by atoms with Gasteiger partial charge in [0.2, 0.25) is 0 Å². The molecule has 0 spiro atoms. The van der Waals surface area contributed by atoms with Crippen molar-refractivity contribution in [3.8, 4) is 6.07 Å². The molecule has 0 saturated heterocycles. The first kappa shape index (κ1) is 12.8. The van der Waals surface area contributed by atoms with E-state index < -0.39 is 0 Å². The van der Waals surface area contributed by atoms with Gasteiger partial charge < -0.3 is 0 Å². The van der Waals surface area contributed by atoms with E-state index in [1.807, 2.05) is 31.2 Å². The number of ketones is 1. The van der Waals surface area contributed by atoms with Gasteiger partial charge in [-0.2, -0.15) is 5.26 Å². The minimum Gasteiger partial charge on any atom is -0.289 e. The molecule has 18 heavy (non-hydrogen) atoms. The second kappa shape index (κ2) is 5.32. The minimum absolute atomic E-state index is 0.0415. The molecule has 0 amide bonds. The molecule has 0 unspecified atom stereocenters. The lowest BCUT2D eigenvalue weighted by molar-refractivity contribution is 0.103. The van der Waals surface area contributed by atoms with E-state index in [2.05, 4.69) is 28.7 Å². The Morgan fingerprint density at radius 3 is 2.50 bits per heavy atom. The zero-order chi connectivity index (χ0) is 13.1. The predicted molar refractivity (Wildman–Crippen MR) is 78.5 cm³/mol. The summed E-state index contributed by atoms with van der Waals surface area (Å²) in [7, 11) is 0. The molecule has 2 aromatic rings. The highest BCUT2D eigenvalue weighted by Gasteiger charge is 2.15. The van der Waals surface area contributed by atoms with Crippen LogP contribution in [0, 0.1) is 21.8 Å². The molecule has 0 aliphatic carbocycles. The first-order chi connectivity index (χ1) is 8.63. The summed E-state index contributed by atoms with van der Waals surface area (Å²) in [5.41, 5.74) is 2.71. The fourth-order valence-electron chi connectivity index (χ4n) is 1.76. The molecule has 0 aliphatic heterocycles. The maximum atomic E-state index is 12.4. The molecule has 0 fully saturated rings. The normalized spacial score (nSPS) is 9.83. The van der Waals surface area contributed by atoms with Gasteiger partial charge in [0.1, 0.15) is 6.07 Å². The maximum Gasteiger partial charge on any atom is 0.194 e. The highest BCUT2D eigenvalue weighted by atomic mass is 127. The second-order valence-corrected chi connectivity index (χ2v) is 5.06. The Kier molecular flexibility index (Phi) is 3.78. The van der Waals surface area contributed by atoms with E-state index in [-0.39, 0.29) is 5.78 Å². The average molecular weight is 347 g/mol. The molecule has 0 bridgehead atoms. The van der Waals surface area contributed by atoms with E-state index in [0.29, 0.717) is 16.7 Å². The first-order valence-electron chi connectivity index (χ1n) is 5.43. The molecular formula is C15H10INO. The molecule has 0 saturated carbocycles. The number of hydrogen-bond acceptors (Lipinski definition) is 2. The molecule has 2 aromatic carbocycles. The average Bonchev–Trinajstić information content (AvgIpc) is 2.41. The van der Waals surface area contributed by atoms with Crippen LogP contribution < -0.4 is 0 Å². The highest BCUT2D eigenvalue weighted by Crippen LogP contribution is 2.22. The molecule has 88 valence electrons. The van der Waals surface area contributed by atoms with Gasteiger partial charge in [-0.25, -0.2) is 0 Å². The van der Waals surface area contributed by atoms with Crippen molar-refractivity contribution in [2.24, 2.45) is 0 Å². The van der Waals surface area contributed by atoms with Gasteiger partial charge in [0.15, 0.2) is 5.78 Å². The topological polar surface area (TPSA) is 40.9 Å². The standard InChI is InChI=1S/C15H10INO/c1-10-7-12(9-17)14(16)13(8-10)15(18)11-5-3-2-4-6-11/h2-8H,1H3. The molecule has 0 aliphatic rings. The molecule has 0 aromatic heterocycles. The lowest BCUT2D eigenvalue weighted by atomic mass is 9.99. The number of hydrogen-bond donors (Lipinski definition) is 0. The molecule has 0 atom stereocenters. The zero-order valence-corrected chi connectivity index (χ0v) is 11.9. The summed E-state index contributed by atoms with van der Waals surface area (Å²) < 4.78 is 0.717. The van der Waals surface area contributed by atoms with Crippen molar-refractivity contribution in [2.45, 2.75) is 6.92 Å². The van der Waals surface area contributed by atoms with Crippen molar-refractivity contribution in [3.63, 3.8) is 0 Å². The van der Waals surface area contributed by atoms with Gasteiger partial charge in [0.25, 0.3) is 0 Å². The van der Waals surface area contributed by atoms with Crippen LogP contribution in [0.4, 0.5) is 0 Å². The van der Waals surface area contributed by atoms with Gasteiger partial charge in [0, 0.05) is 14.7 Å². The Labute approximate surface area is 119 Å². The summed E-state index contributed by atoms with van der Waals surface area (Å²) in [4.78, 5) is 12.4. The molecule has 2 rings (SSSR count). The van der Waals surface area contributed by atoms with Crippen LogP contribution in [-0.4, -0.2) is 5.78 Å². The molecule has 0 heterocycles. The summed E-state index contributed by atoms with van der Waals surface area (Å²) in [6.07, 6.45) is 0. The molecular weight excluding hydrogens is 337 g/mol. The minimum atomic E-state index is -0.0415. The number of rotatable bonds is 2. The summed E-state index contributed by atoms with van der Waals surface area (Å²) in [5, 5.41) is 9.05. The van der Waals surface area contributed by atoms with Crippen molar-refractivity contribution in [1.82, 2.24) is 0 Å². The van der Waals surface area contributed by atoms with Gasteiger partial charge in [0.05, 0.1) is 5.56 Å². The quantitative estimate of drug-likeness (QED) is 0.614. The van der Waals surface area contributed by atoms with Crippen LogP contribution in [0.15, 0.2) is 42.5 Å². The fraction of sp³-hybridized carbons (Fsp3) is 0.0667. The summed E-state index contributed by atoms with van der Waals surface area (Å²) in [6.45, 7) is 1.89. The monoisotopic (exact) mass is 347 g/mol. The van der Waals surface area contributed by atoms with E-state index >= 15 is 0 Å². The van der Waals surface area contributed by atoms with E-state index in [9.17, 15) is 4.79 Å². The van der Waals surface area contributed by atoms with Crippen molar-refractivity contribution in [3.05, 3.63) is 68.3 Å². The van der Waals surface area contributed by atoms with E-state index in [4.69, 9.17) is 5.26 Å². The second-order valence-electron chi connectivity index (χ2n) is 3.98. The van der Waals surface area contributed by atoms with Crippen molar-refractivity contribution >= 4 is 28.4 Å². The van der Waals surface area contributed by atoms with Crippen LogP contribution in [-0.2, 0) is 0 Å². The van der Waals surface area contributed by atoms with E-state index in [0.717, 1.165) is 9.13 Å². The van der Waals surface area contributed by atoms with Crippen LogP contribution in [0.3, 0.4) is 0 Å². The fourth-order valence-corrected chi connectivity index (χ4v) is 2.44. The zero-order valence-electron chi connectivity index (χ0n) is 9.77. The predicted octanol–water partition coefficient (Wildman–Crippen LogP) is 3.70. The molecule has 2 nitrogen and oxygen atoms in total. The molecule has 3 heteroatoms. The third kappa shape index (κ3) is 2.44. The Hall–Kier alpha value is -1.67. The van der Waals surface area contributed by atoms with Crippen molar-refractivity contribution in [2.75, 3.05) is 0 Å². The lowest BCUT2D eigenvalue weighted by Crippen LogP contribution is -2.05. The molecule has 0 N–H and O–H groups in total. The van der Waals surface area contributed by atoms with Crippen LogP contribution in [0.5, 0.6) is 0 Å². The first-order valence-corrected chi connectivity index (χ1v) is 6.51. The lowest BCUT2D eigenvalue weighted by Gasteiger charge is -2.07. The number of aryl methyl sites for hydroxylation is 1. The van der Waals surface area contributed by atoms with E-state index in [1.54, 1.807) is 18.2 Å². The van der Waals surface area contributed by atoms with Gasteiger partial charge in [-0.3, -0.25) is 4.79 Å². The molecule has 0 radical (unpaired) electrons. The number of nitrogens with zero attached hydrogens (tertiary/aromatic N) is 1. The van der Waals surface area contributed by atoms with Crippen LogP contribution in [0.2, 0.25) is 0 Å². The third-order valence-electron chi connectivity index (χ3n) is 2.62. The maximum absolute atomic E-state index is 12.4. The Morgan fingerprint density at radius 2 is 1.89 bits per heavy atom. The summed E-state index contributed by atoms with van der Waals surface area (Å²) in [5.74, 6) is -0.0415. The summed E-state index contributed by atoms with van der Waals surface area (Å²) >= 11 is 2.06. The van der Waals surface area contributed by atoms with Crippen LogP contribution in [0.25, 0.3) is 0 Å². The number of benzene rings is 2. The van der Waals surface area contributed by atoms with Crippen molar-refractivity contribution in [1.29, 1.82) is 5.26 Å². The van der Waals surface area contributed by atoms with Gasteiger partial charge >= 0.3 is 0 Å². The van der Waals surface area contributed by atoms with E-state index in [1.165, 1.54) is 0 Å². The van der Waals surface area contributed by atoms with Crippen molar-refractivity contribution < 1.29 is 4.79 Å². The third-order valence-corrected chi connectivity index (χ3v) is 3.78. The van der Waals surface area contributed by atoms with Crippen LogP contribution in [0.1, 0.15) is 27.0 Å². The van der Waals surface area contributed by atoms with Gasteiger partial charge in [-0.1, -0.05) is 30.3 Å². The number of halogens is 1. The van der Waals surface area contributed by atoms with Crippen LogP contribution >= 0.6 is 22.6 Å². The SMILES string of the molecule is Cc1cc(C#N)c(I)c(C(=O)c2ccccc2)c1. The highest BCUT2D eigenvalue weighted by molar-refractivity contribution is 14.1. The smallest absolute Gasteiger partial charge is 0.194 e. The van der Waals surface area contributed by atoms with Gasteiger partial charge in [-0.15, -0.1) is 0 Å². The number of nitriles is 1. The summed E-state index contributed by atoms with van der Waals surface area (Å²) in [6, 6.07) is 14.9. The Bertz CT molecular complexity index is 642. The number of carbonyl (C=O) groups excluding carboxylic acids is 1. The number of carbonyl (C=O) groups is 1. The Morgan fingerprint density at radius 1 is 1.22 bits per heavy atom. The Balaban J connectivity index is 2.56.